The van der Waals surface area contributed by atoms with Crippen molar-refractivity contribution >= 4 is 11.9 Å². The van der Waals surface area contributed by atoms with E-state index in [2.05, 4.69) is 58.8 Å². The predicted molar refractivity (Wildman–Crippen MR) is 115 cm³/mol. The molecule has 4 N–H and O–H groups in total. The van der Waals surface area contributed by atoms with Gasteiger partial charge in [0.1, 0.15) is 0 Å². The lowest BCUT2D eigenvalue weighted by atomic mass is 10.1. The summed E-state index contributed by atoms with van der Waals surface area (Å²) in [6.45, 7) is 4.64. The fraction of sp³-hybridized carbons (Fsp3) is 0.364. The number of nitrogens with one attached hydrogen (secondary N) is 2. The summed E-state index contributed by atoms with van der Waals surface area (Å²) in [4.78, 5) is 17.7. The van der Waals surface area contributed by atoms with Crippen LogP contribution in [0.25, 0.3) is 0 Å². The van der Waals surface area contributed by atoms with Crippen LogP contribution in [0.15, 0.2) is 59.6 Å². The van der Waals surface area contributed by atoms with Crippen molar-refractivity contribution in [3.8, 4) is 0 Å². The molecular weight excluding hydrogens is 350 g/mol. The fourth-order valence-electron chi connectivity index (χ4n) is 2.84. The van der Waals surface area contributed by atoms with Gasteiger partial charge in [0.2, 0.25) is 5.91 Å². The highest BCUT2D eigenvalue weighted by Gasteiger charge is 2.10. The van der Waals surface area contributed by atoms with E-state index in [-0.39, 0.29) is 0 Å². The first-order valence-corrected chi connectivity index (χ1v) is 9.57. The first-order valence-electron chi connectivity index (χ1n) is 9.57. The van der Waals surface area contributed by atoms with E-state index in [1.54, 1.807) is 19.2 Å². The van der Waals surface area contributed by atoms with Crippen LogP contribution in [-0.2, 0) is 13.1 Å². The van der Waals surface area contributed by atoms with Crippen LogP contribution in [0.2, 0.25) is 0 Å². The van der Waals surface area contributed by atoms with Gasteiger partial charge in [0.25, 0.3) is 0 Å². The lowest BCUT2D eigenvalue weighted by molar-refractivity contribution is 0.100. The molecule has 1 unspecified atom stereocenters. The standard InChI is InChI=1S/C22H31N5O/c1-17(27(3)16-19-7-5-4-6-8-19)13-14-25-22(24-2)26-15-18-9-11-20(12-10-18)21(23)28/h4-12,17H,13-16H2,1-3H3,(H2,23,28)(H2,24,25,26). The third-order valence-electron chi connectivity index (χ3n) is 4.80. The van der Waals surface area contributed by atoms with E-state index < -0.39 is 5.91 Å². The average Bonchev–Trinajstić information content (AvgIpc) is 2.71. The summed E-state index contributed by atoms with van der Waals surface area (Å²) in [7, 11) is 3.91. The smallest absolute Gasteiger partial charge is 0.248 e. The number of amides is 1. The van der Waals surface area contributed by atoms with Crippen LogP contribution in [-0.4, -0.2) is 43.4 Å². The van der Waals surface area contributed by atoms with Crippen molar-refractivity contribution in [2.75, 3.05) is 20.6 Å². The highest BCUT2D eigenvalue weighted by atomic mass is 16.1. The van der Waals surface area contributed by atoms with Gasteiger partial charge in [-0.1, -0.05) is 42.5 Å². The van der Waals surface area contributed by atoms with Crippen LogP contribution in [0.3, 0.4) is 0 Å². The minimum atomic E-state index is -0.414. The van der Waals surface area contributed by atoms with Crippen molar-refractivity contribution in [2.24, 2.45) is 10.7 Å². The van der Waals surface area contributed by atoms with Crippen molar-refractivity contribution in [3.05, 3.63) is 71.3 Å². The molecule has 0 aliphatic rings. The van der Waals surface area contributed by atoms with Gasteiger partial charge in [0, 0.05) is 38.3 Å². The van der Waals surface area contributed by atoms with E-state index >= 15 is 0 Å². The number of carbonyl (C=O) groups is 1. The van der Waals surface area contributed by atoms with Crippen LogP contribution in [0.1, 0.15) is 34.8 Å². The zero-order chi connectivity index (χ0) is 20.4. The minimum absolute atomic E-state index is 0.414. The second-order valence-corrected chi connectivity index (χ2v) is 6.95. The van der Waals surface area contributed by atoms with Gasteiger partial charge in [-0.15, -0.1) is 0 Å². The quantitative estimate of drug-likeness (QED) is 0.460. The van der Waals surface area contributed by atoms with Gasteiger partial charge in [-0.3, -0.25) is 14.7 Å². The molecule has 0 spiro atoms. The van der Waals surface area contributed by atoms with Crippen LogP contribution >= 0.6 is 0 Å². The fourth-order valence-corrected chi connectivity index (χ4v) is 2.84. The zero-order valence-electron chi connectivity index (χ0n) is 17.0. The molecule has 0 bridgehead atoms. The molecule has 2 aromatic carbocycles. The van der Waals surface area contributed by atoms with Gasteiger partial charge in [-0.05, 0) is 43.7 Å². The molecule has 2 aromatic rings. The Labute approximate surface area is 167 Å². The first kappa shape index (κ1) is 21.4. The Balaban J connectivity index is 1.72. The summed E-state index contributed by atoms with van der Waals surface area (Å²) >= 11 is 0. The van der Waals surface area contributed by atoms with Crippen LogP contribution in [0.5, 0.6) is 0 Å². The second kappa shape index (κ2) is 11.1. The van der Waals surface area contributed by atoms with Gasteiger partial charge in [0.05, 0.1) is 0 Å². The molecule has 1 atom stereocenters. The monoisotopic (exact) mass is 381 g/mol. The zero-order valence-corrected chi connectivity index (χ0v) is 17.0. The van der Waals surface area contributed by atoms with Crippen molar-refractivity contribution in [3.63, 3.8) is 0 Å². The van der Waals surface area contributed by atoms with Crippen molar-refractivity contribution in [1.29, 1.82) is 0 Å². The van der Waals surface area contributed by atoms with Gasteiger partial charge >= 0.3 is 0 Å². The third kappa shape index (κ3) is 7.04. The number of primary amides is 1. The van der Waals surface area contributed by atoms with E-state index in [0.717, 1.165) is 31.0 Å². The van der Waals surface area contributed by atoms with Crippen molar-refractivity contribution in [2.45, 2.75) is 32.5 Å². The molecule has 28 heavy (non-hydrogen) atoms. The van der Waals surface area contributed by atoms with E-state index in [1.165, 1.54) is 5.56 Å². The largest absolute Gasteiger partial charge is 0.366 e. The molecule has 6 nitrogen and oxygen atoms in total. The maximum absolute atomic E-state index is 11.1. The molecule has 6 heteroatoms. The molecule has 0 heterocycles. The summed E-state index contributed by atoms with van der Waals surface area (Å²) in [6, 6.07) is 18.2. The van der Waals surface area contributed by atoms with Gasteiger partial charge in [0.15, 0.2) is 5.96 Å². The van der Waals surface area contributed by atoms with E-state index in [1.807, 2.05) is 18.2 Å². The van der Waals surface area contributed by atoms with E-state index in [4.69, 9.17) is 5.73 Å². The number of guanidine groups is 1. The minimum Gasteiger partial charge on any atom is -0.366 e. The maximum atomic E-state index is 11.1. The molecule has 0 aliphatic carbocycles. The average molecular weight is 382 g/mol. The molecule has 2 rings (SSSR count). The summed E-state index contributed by atoms with van der Waals surface area (Å²) in [6.07, 6.45) is 1.01. The number of nitrogens with two attached hydrogens (primary N) is 1. The number of carbonyl (C=O) groups excluding carboxylic acids is 1. The molecule has 0 aromatic heterocycles. The van der Waals surface area contributed by atoms with Crippen LogP contribution < -0.4 is 16.4 Å². The van der Waals surface area contributed by atoms with E-state index in [0.29, 0.717) is 18.2 Å². The molecule has 0 saturated heterocycles. The number of benzene rings is 2. The number of rotatable bonds is 9. The SMILES string of the molecule is CN=C(NCCC(C)N(C)Cc1ccccc1)NCc1ccc(C(N)=O)cc1. The van der Waals surface area contributed by atoms with E-state index in [9.17, 15) is 4.79 Å². The van der Waals surface area contributed by atoms with Crippen LogP contribution in [0, 0.1) is 0 Å². The lowest BCUT2D eigenvalue weighted by Crippen LogP contribution is -2.39. The summed E-state index contributed by atoms with van der Waals surface area (Å²) < 4.78 is 0. The molecule has 0 aliphatic heterocycles. The predicted octanol–water partition coefficient (Wildman–Crippen LogP) is 2.36. The summed E-state index contributed by atoms with van der Waals surface area (Å²) in [5.41, 5.74) is 8.16. The topological polar surface area (TPSA) is 82.8 Å². The Morgan fingerprint density at radius 3 is 2.36 bits per heavy atom. The molecule has 150 valence electrons. The van der Waals surface area contributed by atoms with Gasteiger partial charge < -0.3 is 16.4 Å². The Kier molecular flexibility index (Phi) is 8.49. The highest BCUT2D eigenvalue weighted by Crippen LogP contribution is 2.08. The number of aliphatic imine (C=N–C) groups is 1. The molecule has 0 saturated carbocycles. The third-order valence-corrected chi connectivity index (χ3v) is 4.80. The molecule has 0 fully saturated rings. The number of hydrogen-bond donors (Lipinski definition) is 3. The second-order valence-electron chi connectivity index (χ2n) is 6.95. The number of hydrogen-bond acceptors (Lipinski definition) is 3. The highest BCUT2D eigenvalue weighted by molar-refractivity contribution is 5.92. The summed E-state index contributed by atoms with van der Waals surface area (Å²) in [5, 5.41) is 6.64. The normalized spacial score (nSPS) is 12.6. The molecular formula is C22H31N5O. The molecule has 0 radical (unpaired) electrons. The lowest BCUT2D eigenvalue weighted by Gasteiger charge is -2.25. The Bertz CT molecular complexity index is 758. The first-order chi connectivity index (χ1) is 13.5. The molecule has 1 amide bonds. The van der Waals surface area contributed by atoms with Gasteiger partial charge in [-0.25, -0.2) is 0 Å². The van der Waals surface area contributed by atoms with Crippen molar-refractivity contribution < 1.29 is 4.79 Å². The number of nitrogens with zero attached hydrogens (tertiary/aromatic N) is 2. The van der Waals surface area contributed by atoms with Crippen LogP contribution in [0.4, 0.5) is 0 Å². The maximum Gasteiger partial charge on any atom is 0.248 e. The summed E-state index contributed by atoms with van der Waals surface area (Å²) in [5.74, 6) is 0.347. The Hall–Kier alpha value is -2.86. The Morgan fingerprint density at radius 1 is 1.07 bits per heavy atom. The van der Waals surface area contributed by atoms with Crippen molar-refractivity contribution in [1.82, 2.24) is 15.5 Å². The Morgan fingerprint density at radius 2 is 1.75 bits per heavy atom. The van der Waals surface area contributed by atoms with Gasteiger partial charge in [-0.2, -0.15) is 0 Å².